The second kappa shape index (κ2) is 9.05. The summed E-state index contributed by atoms with van der Waals surface area (Å²) in [6.45, 7) is 1.87. The monoisotopic (exact) mass is 377 g/mol. The normalized spacial score (nSPS) is 13.1. The Labute approximate surface area is 164 Å². The zero-order valence-corrected chi connectivity index (χ0v) is 15.9. The van der Waals surface area contributed by atoms with Crippen molar-refractivity contribution in [2.24, 2.45) is 0 Å². The van der Waals surface area contributed by atoms with Crippen LogP contribution in [0.4, 0.5) is 11.4 Å². The van der Waals surface area contributed by atoms with Crippen LogP contribution in [0.3, 0.4) is 0 Å². The predicted octanol–water partition coefficient (Wildman–Crippen LogP) is 3.52. The van der Waals surface area contributed by atoms with Crippen LogP contribution in [0.5, 0.6) is 0 Å². The van der Waals surface area contributed by atoms with Gasteiger partial charge in [0, 0.05) is 19.5 Å². The van der Waals surface area contributed by atoms with Gasteiger partial charge in [0.1, 0.15) is 0 Å². The average Bonchev–Trinajstić information content (AvgIpc) is 3.26. The van der Waals surface area contributed by atoms with Crippen molar-refractivity contribution in [3.05, 3.63) is 59.2 Å². The number of amides is 1. The molecule has 0 atom stereocenters. The summed E-state index contributed by atoms with van der Waals surface area (Å²) in [4.78, 5) is 26.6. The molecule has 1 aliphatic rings. The number of carbonyl (C=O) groups is 2. The third kappa shape index (κ3) is 4.68. The lowest BCUT2D eigenvalue weighted by atomic mass is 10.1. The number of rotatable bonds is 6. The molecule has 144 valence electrons. The third-order valence-electron chi connectivity index (χ3n) is 4.86. The number of esters is 1. The van der Waals surface area contributed by atoms with E-state index in [0.29, 0.717) is 29.7 Å². The van der Waals surface area contributed by atoms with Crippen LogP contribution in [0.1, 0.15) is 40.7 Å². The van der Waals surface area contributed by atoms with E-state index in [9.17, 15) is 9.59 Å². The molecule has 1 aliphatic heterocycles. The molecule has 1 amide bonds. The topological polar surface area (TPSA) is 82.4 Å². The lowest BCUT2D eigenvalue weighted by Crippen LogP contribution is -2.21. The van der Waals surface area contributed by atoms with E-state index in [0.717, 1.165) is 37.2 Å². The Kier molecular flexibility index (Phi) is 6.28. The molecule has 28 heavy (non-hydrogen) atoms. The highest BCUT2D eigenvalue weighted by Gasteiger charge is 2.19. The standard InChI is InChI=1S/C22H23N3O3/c1-28-22(27)18-9-10-20(25-12-2-3-13-25)19(14-18)24-21(26)11-8-16-4-6-17(15-23)7-5-16/h4-7,9-10,14H,2-3,8,11-13H2,1H3,(H,24,26). The summed E-state index contributed by atoms with van der Waals surface area (Å²) in [6.07, 6.45) is 3.12. The summed E-state index contributed by atoms with van der Waals surface area (Å²) < 4.78 is 4.80. The molecule has 1 heterocycles. The van der Waals surface area contributed by atoms with E-state index in [4.69, 9.17) is 10.00 Å². The van der Waals surface area contributed by atoms with Crippen molar-refractivity contribution in [2.45, 2.75) is 25.7 Å². The van der Waals surface area contributed by atoms with Crippen molar-refractivity contribution < 1.29 is 14.3 Å². The fourth-order valence-corrected chi connectivity index (χ4v) is 3.33. The van der Waals surface area contributed by atoms with Gasteiger partial charge in [-0.05, 0) is 55.2 Å². The van der Waals surface area contributed by atoms with Gasteiger partial charge in [0.15, 0.2) is 0 Å². The summed E-state index contributed by atoms with van der Waals surface area (Å²) in [5, 5.41) is 11.8. The summed E-state index contributed by atoms with van der Waals surface area (Å²) in [6, 6.07) is 14.6. The lowest BCUT2D eigenvalue weighted by Gasteiger charge is -2.22. The van der Waals surface area contributed by atoms with Crippen molar-refractivity contribution in [1.82, 2.24) is 0 Å². The van der Waals surface area contributed by atoms with Crippen molar-refractivity contribution in [1.29, 1.82) is 5.26 Å². The molecule has 3 rings (SSSR count). The molecular weight excluding hydrogens is 354 g/mol. The van der Waals surface area contributed by atoms with Gasteiger partial charge in [-0.2, -0.15) is 5.26 Å². The van der Waals surface area contributed by atoms with E-state index in [1.54, 1.807) is 24.3 Å². The molecule has 1 fully saturated rings. The van der Waals surface area contributed by atoms with E-state index in [1.807, 2.05) is 18.2 Å². The maximum atomic E-state index is 12.5. The van der Waals surface area contributed by atoms with Crippen LogP contribution in [0.2, 0.25) is 0 Å². The molecule has 1 N–H and O–H groups in total. The van der Waals surface area contributed by atoms with Crippen LogP contribution in [0, 0.1) is 11.3 Å². The second-order valence-corrected chi connectivity index (χ2v) is 6.77. The molecule has 2 aromatic carbocycles. The maximum absolute atomic E-state index is 12.5. The van der Waals surface area contributed by atoms with Gasteiger partial charge in [0.05, 0.1) is 35.7 Å². The first-order chi connectivity index (χ1) is 13.6. The molecule has 6 heteroatoms. The molecule has 0 aliphatic carbocycles. The Hall–Kier alpha value is -3.33. The van der Waals surface area contributed by atoms with Gasteiger partial charge in [-0.1, -0.05) is 12.1 Å². The van der Waals surface area contributed by atoms with Gasteiger partial charge in [-0.3, -0.25) is 4.79 Å². The van der Waals surface area contributed by atoms with Crippen molar-refractivity contribution in [3.63, 3.8) is 0 Å². The predicted molar refractivity (Wildman–Crippen MR) is 107 cm³/mol. The van der Waals surface area contributed by atoms with Crippen molar-refractivity contribution in [3.8, 4) is 6.07 Å². The lowest BCUT2D eigenvalue weighted by molar-refractivity contribution is -0.116. The SMILES string of the molecule is COC(=O)c1ccc(N2CCCC2)c(NC(=O)CCc2ccc(C#N)cc2)c1. The first-order valence-electron chi connectivity index (χ1n) is 9.37. The molecule has 1 saturated heterocycles. The van der Waals surface area contributed by atoms with Crippen molar-refractivity contribution >= 4 is 23.3 Å². The highest BCUT2D eigenvalue weighted by molar-refractivity contribution is 5.98. The van der Waals surface area contributed by atoms with Crippen LogP contribution >= 0.6 is 0 Å². The number of nitriles is 1. The van der Waals surface area contributed by atoms with Gasteiger partial charge < -0.3 is 15.0 Å². The van der Waals surface area contributed by atoms with Gasteiger partial charge in [-0.15, -0.1) is 0 Å². The Morgan fingerprint density at radius 1 is 1.14 bits per heavy atom. The van der Waals surface area contributed by atoms with Gasteiger partial charge in [0.2, 0.25) is 5.91 Å². The largest absolute Gasteiger partial charge is 0.465 e. The quantitative estimate of drug-likeness (QED) is 0.779. The van der Waals surface area contributed by atoms with E-state index >= 15 is 0 Å². The van der Waals surface area contributed by atoms with Gasteiger partial charge in [-0.25, -0.2) is 4.79 Å². The smallest absolute Gasteiger partial charge is 0.337 e. The van der Waals surface area contributed by atoms with Crippen LogP contribution in [-0.4, -0.2) is 32.1 Å². The second-order valence-electron chi connectivity index (χ2n) is 6.77. The Morgan fingerprint density at radius 3 is 2.50 bits per heavy atom. The molecule has 0 bridgehead atoms. The number of nitrogens with zero attached hydrogens (tertiary/aromatic N) is 2. The number of nitrogens with one attached hydrogen (secondary N) is 1. The number of hydrogen-bond donors (Lipinski definition) is 1. The molecular formula is C22H23N3O3. The summed E-state index contributed by atoms with van der Waals surface area (Å²) in [5.74, 6) is -0.548. The Morgan fingerprint density at radius 2 is 1.86 bits per heavy atom. The Bertz CT molecular complexity index is 894. The van der Waals surface area contributed by atoms with E-state index < -0.39 is 5.97 Å². The van der Waals surface area contributed by atoms with E-state index in [1.165, 1.54) is 7.11 Å². The minimum atomic E-state index is -0.430. The first kappa shape index (κ1) is 19.4. The minimum absolute atomic E-state index is 0.119. The molecule has 0 aromatic heterocycles. The number of aryl methyl sites for hydroxylation is 1. The fraction of sp³-hybridized carbons (Fsp3) is 0.318. The van der Waals surface area contributed by atoms with Crippen LogP contribution in [0.15, 0.2) is 42.5 Å². The van der Waals surface area contributed by atoms with Crippen molar-refractivity contribution in [2.75, 3.05) is 30.4 Å². The number of carbonyl (C=O) groups excluding carboxylic acids is 2. The maximum Gasteiger partial charge on any atom is 0.337 e. The van der Waals surface area contributed by atoms with E-state index in [2.05, 4.69) is 16.3 Å². The van der Waals surface area contributed by atoms with Crippen LogP contribution < -0.4 is 10.2 Å². The zero-order chi connectivity index (χ0) is 19.9. The minimum Gasteiger partial charge on any atom is -0.465 e. The number of hydrogen-bond acceptors (Lipinski definition) is 5. The summed E-state index contributed by atoms with van der Waals surface area (Å²) >= 11 is 0. The molecule has 0 radical (unpaired) electrons. The average molecular weight is 377 g/mol. The van der Waals surface area contributed by atoms with E-state index in [-0.39, 0.29) is 5.91 Å². The summed E-state index contributed by atoms with van der Waals surface area (Å²) in [7, 11) is 1.34. The number of benzene rings is 2. The molecule has 0 spiro atoms. The molecule has 0 unspecified atom stereocenters. The Balaban J connectivity index is 1.71. The van der Waals surface area contributed by atoms with Gasteiger partial charge in [0.25, 0.3) is 0 Å². The molecule has 0 saturated carbocycles. The number of ether oxygens (including phenoxy) is 1. The highest BCUT2D eigenvalue weighted by Crippen LogP contribution is 2.30. The zero-order valence-electron chi connectivity index (χ0n) is 15.9. The fourth-order valence-electron chi connectivity index (χ4n) is 3.33. The number of anilines is 2. The first-order valence-corrected chi connectivity index (χ1v) is 9.37. The van der Waals surface area contributed by atoms with Crippen LogP contribution in [-0.2, 0) is 16.0 Å². The number of methoxy groups -OCH3 is 1. The third-order valence-corrected chi connectivity index (χ3v) is 4.86. The molecule has 2 aromatic rings. The molecule has 6 nitrogen and oxygen atoms in total. The van der Waals surface area contributed by atoms with Crippen LogP contribution in [0.25, 0.3) is 0 Å². The summed E-state index contributed by atoms with van der Waals surface area (Å²) in [5.41, 5.74) is 3.57. The van der Waals surface area contributed by atoms with Gasteiger partial charge >= 0.3 is 5.97 Å². The highest BCUT2D eigenvalue weighted by atomic mass is 16.5.